The SMILES string of the molecule is O=C(/C=C/c1ccc(O)cc1)O[C@@H]1C(O)[C@H](Oc2cc(O)c3c(=O)cc(-c4ccc(O)cc4)oc3c2)OC(CO)[C@H]1O. The maximum absolute atomic E-state index is 12.7. The van der Waals surface area contributed by atoms with Crippen LogP contribution in [0.25, 0.3) is 28.4 Å². The summed E-state index contributed by atoms with van der Waals surface area (Å²) >= 11 is 0. The molecule has 5 rings (SSSR count). The van der Waals surface area contributed by atoms with Gasteiger partial charge in [0.2, 0.25) is 6.29 Å². The minimum absolute atomic E-state index is 0.0184. The van der Waals surface area contributed by atoms with E-state index in [1.54, 1.807) is 12.1 Å². The van der Waals surface area contributed by atoms with Gasteiger partial charge in [0.25, 0.3) is 0 Å². The topological polar surface area (TPSA) is 196 Å². The molecular weight excluding hydrogens is 552 g/mol. The first kappa shape index (κ1) is 28.6. The van der Waals surface area contributed by atoms with Crippen LogP contribution in [-0.4, -0.2) is 73.9 Å². The van der Waals surface area contributed by atoms with Crippen molar-refractivity contribution in [3.05, 3.63) is 88.6 Å². The molecule has 42 heavy (non-hydrogen) atoms. The average Bonchev–Trinajstić information content (AvgIpc) is 2.96. The lowest BCUT2D eigenvalue weighted by atomic mass is 9.99. The Hall–Kier alpha value is -4.88. The zero-order valence-corrected chi connectivity index (χ0v) is 21.7. The molecule has 1 fully saturated rings. The molecule has 2 heterocycles. The summed E-state index contributed by atoms with van der Waals surface area (Å²) in [5.41, 5.74) is 0.441. The average molecular weight is 579 g/mol. The zero-order chi connectivity index (χ0) is 30.0. The summed E-state index contributed by atoms with van der Waals surface area (Å²) in [7, 11) is 0. The van der Waals surface area contributed by atoms with Crippen LogP contribution in [0.5, 0.6) is 23.0 Å². The lowest BCUT2D eigenvalue weighted by Crippen LogP contribution is -2.61. The summed E-state index contributed by atoms with van der Waals surface area (Å²) in [5.74, 6) is -1.31. The number of hydrogen-bond acceptors (Lipinski definition) is 12. The molecule has 0 bridgehead atoms. The largest absolute Gasteiger partial charge is 0.508 e. The van der Waals surface area contributed by atoms with Gasteiger partial charge in [-0.15, -0.1) is 0 Å². The molecule has 0 aliphatic carbocycles. The second-order valence-electron chi connectivity index (χ2n) is 9.49. The van der Waals surface area contributed by atoms with E-state index in [2.05, 4.69) is 0 Å². The lowest BCUT2D eigenvalue weighted by molar-refractivity contribution is -0.280. The highest BCUT2D eigenvalue weighted by molar-refractivity contribution is 5.87. The molecule has 0 amide bonds. The first-order chi connectivity index (χ1) is 20.1. The molecule has 1 aliphatic rings. The number of aliphatic hydroxyl groups is 3. The van der Waals surface area contributed by atoms with Crippen molar-refractivity contribution in [2.24, 2.45) is 0 Å². The van der Waals surface area contributed by atoms with Gasteiger partial charge in [0.05, 0.1) is 6.61 Å². The Morgan fingerprint density at radius 1 is 0.905 bits per heavy atom. The van der Waals surface area contributed by atoms with Crippen molar-refractivity contribution in [3.8, 4) is 34.3 Å². The Balaban J connectivity index is 1.38. The van der Waals surface area contributed by atoms with E-state index in [1.165, 1.54) is 54.6 Å². The van der Waals surface area contributed by atoms with E-state index in [9.17, 15) is 40.2 Å². The van der Waals surface area contributed by atoms with E-state index in [1.807, 2.05) is 0 Å². The quantitative estimate of drug-likeness (QED) is 0.138. The molecule has 1 aliphatic heterocycles. The highest BCUT2D eigenvalue weighted by Gasteiger charge is 2.47. The molecule has 12 nitrogen and oxygen atoms in total. The number of benzene rings is 3. The number of carbonyl (C=O) groups is 1. The summed E-state index contributed by atoms with van der Waals surface area (Å²) in [6, 6.07) is 15.4. The number of phenols is 3. The van der Waals surface area contributed by atoms with Crippen molar-refractivity contribution in [2.45, 2.75) is 30.7 Å². The fourth-order valence-corrected chi connectivity index (χ4v) is 4.43. The van der Waals surface area contributed by atoms with E-state index in [0.29, 0.717) is 11.1 Å². The molecule has 5 atom stereocenters. The molecular formula is C30H26O12. The van der Waals surface area contributed by atoms with Crippen molar-refractivity contribution >= 4 is 23.0 Å². The Morgan fingerprint density at radius 3 is 2.24 bits per heavy atom. The number of carbonyl (C=O) groups excluding carboxylic acids is 1. The van der Waals surface area contributed by atoms with Gasteiger partial charge in [-0.3, -0.25) is 4.79 Å². The number of esters is 1. The van der Waals surface area contributed by atoms with Gasteiger partial charge in [-0.1, -0.05) is 12.1 Å². The minimum Gasteiger partial charge on any atom is -0.508 e. The highest BCUT2D eigenvalue weighted by Crippen LogP contribution is 2.34. The van der Waals surface area contributed by atoms with E-state index in [-0.39, 0.29) is 34.0 Å². The van der Waals surface area contributed by atoms with Gasteiger partial charge in [0.1, 0.15) is 51.9 Å². The second-order valence-corrected chi connectivity index (χ2v) is 9.49. The fourth-order valence-electron chi connectivity index (χ4n) is 4.43. The Labute approximate surface area is 237 Å². The van der Waals surface area contributed by atoms with Gasteiger partial charge in [0, 0.05) is 29.8 Å². The summed E-state index contributed by atoms with van der Waals surface area (Å²) in [6.45, 7) is -0.709. The summed E-state index contributed by atoms with van der Waals surface area (Å²) in [5, 5.41) is 60.6. The normalized spacial score (nSPS) is 22.3. The summed E-state index contributed by atoms with van der Waals surface area (Å²) < 4.78 is 22.3. The molecule has 6 N–H and O–H groups in total. The van der Waals surface area contributed by atoms with E-state index in [0.717, 1.165) is 12.1 Å². The van der Waals surface area contributed by atoms with E-state index < -0.39 is 54.5 Å². The summed E-state index contributed by atoms with van der Waals surface area (Å²) in [4.78, 5) is 25.2. The van der Waals surface area contributed by atoms with Gasteiger partial charge in [0.15, 0.2) is 17.6 Å². The number of aliphatic hydroxyl groups excluding tert-OH is 3. The van der Waals surface area contributed by atoms with Crippen LogP contribution in [0.15, 0.2) is 82.0 Å². The number of hydrogen-bond donors (Lipinski definition) is 6. The van der Waals surface area contributed by atoms with Crippen molar-refractivity contribution in [3.63, 3.8) is 0 Å². The third-order valence-corrected chi connectivity index (χ3v) is 6.57. The van der Waals surface area contributed by atoms with Crippen molar-refractivity contribution < 1.29 is 54.1 Å². The monoisotopic (exact) mass is 578 g/mol. The minimum atomic E-state index is -1.75. The van der Waals surface area contributed by atoms with Crippen LogP contribution in [0, 0.1) is 0 Å². The standard InChI is InChI=1S/C30H26O12/c31-14-24-27(37)29(42-25(36)10-3-15-1-6-17(32)7-2-15)28(38)30(41-24)39-19-11-20(34)26-21(35)13-22(40-23(26)12-19)16-4-8-18(33)9-5-16/h1-13,24,27-34,37-38H,14H2/b10-3+/t24?,27-,28?,29+,30-/m1/s1. The van der Waals surface area contributed by atoms with E-state index in [4.69, 9.17) is 18.6 Å². The first-order valence-corrected chi connectivity index (χ1v) is 12.7. The molecule has 3 aromatic carbocycles. The maximum atomic E-state index is 12.7. The number of ether oxygens (including phenoxy) is 3. The number of fused-ring (bicyclic) bond motifs is 1. The van der Waals surface area contributed by atoms with Crippen LogP contribution in [0.2, 0.25) is 0 Å². The smallest absolute Gasteiger partial charge is 0.331 e. The van der Waals surface area contributed by atoms with Crippen molar-refractivity contribution in [2.75, 3.05) is 6.61 Å². The molecule has 12 heteroatoms. The first-order valence-electron chi connectivity index (χ1n) is 12.7. The van der Waals surface area contributed by atoms with Crippen LogP contribution >= 0.6 is 0 Å². The number of aromatic hydroxyl groups is 3. The molecule has 218 valence electrons. The van der Waals surface area contributed by atoms with Gasteiger partial charge >= 0.3 is 5.97 Å². The van der Waals surface area contributed by atoms with Gasteiger partial charge in [-0.25, -0.2) is 4.79 Å². The fraction of sp³-hybridized carbons (Fsp3) is 0.200. The predicted molar refractivity (Wildman–Crippen MR) is 147 cm³/mol. The number of rotatable bonds is 7. The van der Waals surface area contributed by atoms with Crippen LogP contribution in [0.1, 0.15) is 5.56 Å². The van der Waals surface area contributed by atoms with Crippen LogP contribution < -0.4 is 10.2 Å². The molecule has 2 unspecified atom stereocenters. The maximum Gasteiger partial charge on any atom is 0.331 e. The van der Waals surface area contributed by atoms with Crippen molar-refractivity contribution in [1.29, 1.82) is 0 Å². The lowest BCUT2D eigenvalue weighted by Gasteiger charge is -2.41. The third kappa shape index (κ3) is 6.06. The molecule has 0 spiro atoms. The van der Waals surface area contributed by atoms with Crippen LogP contribution in [-0.2, 0) is 14.3 Å². The predicted octanol–water partition coefficient (Wildman–Crippen LogP) is 2.02. The van der Waals surface area contributed by atoms with Gasteiger partial charge in [-0.05, 0) is 48.0 Å². The van der Waals surface area contributed by atoms with Crippen LogP contribution in [0.4, 0.5) is 0 Å². The third-order valence-electron chi connectivity index (χ3n) is 6.57. The summed E-state index contributed by atoms with van der Waals surface area (Å²) in [6.07, 6.45) is -5.39. The van der Waals surface area contributed by atoms with E-state index >= 15 is 0 Å². The van der Waals surface area contributed by atoms with Gasteiger partial charge < -0.3 is 49.3 Å². The van der Waals surface area contributed by atoms with Crippen molar-refractivity contribution in [1.82, 2.24) is 0 Å². The zero-order valence-electron chi connectivity index (χ0n) is 21.7. The molecule has 1 aromatic heterocycles. The van der Waals surface area contributed by atoms with Gasteiger partial charge in [-0.2, -0.15) is 0 Å². The molecule has 0 radical (unpaired) electrons. The Kier molecular flexibility index (Phi) is 8.13. The second kappa shape index (κ2) is 11.9. The molecule has 1 saturated heterocycles. The highest BCUT2D eigenvalue weighted by atomic mass is 16.7. The number of phenolic OH excluding ortho intramolecular Hbond substituents is 3. The Bertz CT molecular complexity index is 1660. The Morgan fingerprint density at radius 2 is 1.57 bits per heavy atom. The van der Waals surface area contributed by atoms with Crippen LogP contribution in [0.3, 0.4) is 0 Å². The molecule has 4 aromatic rings. The molecule has 0 saturated carbocycles.